The summed E-state index contributed by atoms with van der Waals surface area (Å²) in [5.74, 6) is 0. The number of hydrogen-bond donors (Lipinski definition) is 1. The smallest absolute Gasteiger partial charge is 0.185 e. The number of aromatic nitrogens is 1. The number of thiazole rings is 1. The van der Waals surface area contributed by atoms with Crippen LogP contribution in [-0.2, 0) is 6.54 Å². The van der Waals surface area contributed by atoms with Crippen molar-refractivity contribution in [3.05, 3.63) is 10.6 Å². The van der Waals surface area contributed by atoms with Gasteiger partial charge in [0.2, 0.25) is 0 Å². The molecule has 2 rings (SSSR count). The molecule has 1 fully saturated rings. The van der Waals surface area contributed by atoms with Gasteiger partial charge in [0, 0.05) is 30.6 Å². The van der Waals surface area contributed by atoms with Gasteiger partial charge in [-0.3, -0.25) is 0 Å². The number of nitrogens with one attached hydrogen (secondary N) is 1. The van der Waals surface area contributed by atoms with Crippen molar-refractivity contribution in [2.45, 2.75) is 52.6 Å². The molecule has 4 heteroatoms. The minimum atomic E-state index is 0.776. The number of nitrogens with zero attached hydrogens (tertiary/aromatic N) is 2. The normalized spacial score (nSPS) is 15.2. The van der Waals surface area contributed by atoms with Gasteiger partial charge < -0.3 is 10.2 Å². The van der Waals surface area contributed by atoms with Crippen molar-refractivity contribution in [3.63, 3.8) is 0 Å². The molecule has 1 aliphatic rings. The van der Waals surface area contributed by atoms with Gasteiger partial charge in [0.15, 0.2) is 5.13 Å². The molecule has 3 nitrogen and oxygen atoms in total. The predicted molar refractivity (Wildman–Crippen MR) is 74.9 cm³/mol. The van der Waals surface area contributed by atoms with E-state index in [-0.39, 0.29) is 0 Å². The van der Waals surface area contributed by atoms with Gasteiger partial charge in [-0.05, 0) is 33.1 Å². The second-order valence-electron chi connectivity index (χ2n) is 4.74. The second-order valence-corrected chi connectivity index (χ2v) is 5.80. The van der Waals surface area contributed by atoms with Crippen molar-refractivity contribution >= 4 is 16.5 Å². The third kappa shape index (κ3) is 3.42. The Balaban J connectivity index is 1.99. The lowest BCUT2D eigenvalue weighted by molar-refractivity contribution is 0.691. The fourth-order valence-corrected chi connectivity index (χ4v) is 3.00. The van der Waals surface area contributed by atoms with Crippen LogP contribution in [0.15, 0.2) is 0 Å². The Hall–Kier alpha value is -0.610. The SMILES string of the molecule is CCCN(CC)c1nc(C)c(CNC2CC2)s1. The molecule has 0 atom stereocenters. The minimum Gasteiger partial charge on any atom is -0.348 e. The van der Waals surface area contributed by atoms with Gasteiger partial charge in [-0.1, -0.05) is 6.92 Å². The van der Waals surface area contributed by atoms with Crippen LogP contribution in [0.1, 0.15) is 43.7 Å². The monoisotopic (exact) mass is 253 g/mol. The van der Waals surface area contributed by atoms with Crippen LogP contribution in [-0.4, -0.2) is 24.1 Å². The average molecular weight is 253 g/mol. The first-order valence-electron chi connectivity index (χ1n) is 6.69. The number of rotatable bonds is 7. The van der Waals surface area contributed by atoms with E-state index in [4.69, 9.17) is 4.98 Å². The van der Waals surface area contributed by atoms with Gasteiger partial charge in [0.25, 0.3) is 0 Å². The Labute approximate surface area is 108 Å². The molecule has 0 saturated heterocycles. The van der Waals surface area contributed by atoms with E-state index in [1.807, 2.05) is 11.3 Å². The highest BCUT2D eigenvalue weighted by Gasteiger charge is 2.21. The summed E-state index contributed by atoms with van der Waals surface area (Å²) < 4.78 is 0. The Bertz CT molecular complexity index is 358. The Morgan fingerprint density at radius 1 is 1.41 bits per heavy atom. The van der Waals surface area contributed by atoms with Crippen LogP contribution in [0.5, 0.6) is 0 Å². The summed E-state index contributed by atoms with van der Waals surface area (Å²) in [7, 11) is 0. The molecule has 0 bridgehead atoms. The topological polar surface area (TPSA) is 28.2 Å². The quantitative estimate of drug-likeness (QED) is 0.810. The Kier molecular flexibility index (Phi) is 4.40. The molecule has 1 aromatic rings. The van der Waals surface area contributed by atoms with Crippen LogP contribution < -0.4 is 10.2 Å². The molecule has 1 aliphatic carbocycles. The van der Waals surface area contributed by atoms with E-state index in [1.54, 1.807) is 0 Å². The molecule has 0 spiro atoms. The van der Waals surface area contributed by atoms with E-state index < -0.39 is 0 Å². The average Bonchev–Trinajstić information content (AvgIpc) is 3.08. The zero-order valence-corrected chi connectivity index (χ0v) is 11.9. The third-order valence-corrected chi connectivity index (χ3v) is 4.37. The molecule has 0 unspecified atom stereocenters. The highest BCUT2D eigenvalue weighted by molar-refractivity contribution is 7.15. The summed E-state index contributed by atoms with van der Waals surface area (Å²) in [6.07, 6.45) is 3.88. The molecular formula is C13H23N3S. The maximum atomic E-state index is 4.70. The molecule has 0 amide bonds. The first kappa shape index (κ1) is 12.8. The van der Waals surface area contributed by atoms with E-state index in [1.165, 1.54) is 35.0 Å². The molecule has 1 N–H and O–H groups in total. The van der Waals surface area contributed by atoms with Crippen molar-refractivity contribution in [1.82, 2.24) is 10.3 Å². The maximum Gasteiger partial charge on any atom is 0.185 e. The van der Waals surface area contributed by atoms with E-state index in [2.05, 4.69) is 31.0 Å². The lowest BCUT2D eigenvalue weighted by Gasteiger charge is -2.18. The molecule has 1 aromatic heterocycles. The molecular weight excluding hydrogens is 230 g/mol. The molecule has 96 valence electrons. The lowest BCUT2D eigenvalue weighted by Crippen LogP contribution is -2.23. The summed E-state index contributed by atoms with van der Waals surface area (Å²) in [6, 6.07) is 0.776. The van der Waals surface area contributed by atoms with E-state index >= 15 is 0 Å². The first-order chi connectivity index (χ1) is 8.24. The summed E-state index contributed by atoms with van der Waals surface area (Å²) in [4.78, 5) is 8.48. The molecule has 1 saturated carbocycles. The van der Waals surface area contributed by atoms with Gasteiger partial charge in [-0.25, -0.2) is 4.98 Å². The fraction of sp³-hybridized carbons (Fsp3) is 0.769. The zero-order valence-electron chi connectivity index (χ0n) is 11.1. The van der Waals surface area contributed by atoms with E-state index in [9.17, 15) is 0 Å². The first-order valence-corrected chi connectivity index (χ1v) is 7.50. The van der Waals surface area contributed by atoms with Crippen molar-refractivity contribution in [2.75, 3.05) is 18.0 Å². The maximum absolute atomic E-state index is 4.70. The summed E-state index contributed by atoms with van der Waals surface area (Å²) >= 11 is 1.85. The van der Waals surface area contributed by atoms with Gasteiger partial charge >= 0.3 is 0 Å². The third-order valence-electron chi connectivity index (χ3n) is 3.16. The van der Waals surface area contributed by atoms with Crippen LogP contribution in [0.2, 0.25) is 0 Å². The summed E-state index contributed by atoms with van der Waals surface area (Å²) in [5, 5.41) is 4.76. The van der Waals surface area contributed by atoms with Crippen molar-refractivity contribution < 1.29 is 0 Å². The fourth-order valence-electron chi connectivity index (χ4n) is 1.90. The van der Waals surface area contributed by atoms with Crippen molar-refractivity contribution in [1.29, 1.82) is 0 Å². The summed E-state index contributed by atoms with van der Waals surface area (Å²) in [5.41, 5.74) is 1.20. The van der Waals surface area contributed by atoms with Gasteiger partial charge in [0.1, 0.15) is 0 Å². The largest absolute Gasteiger partial charge is 0.348 e. The van der Waals surface area contributed by atoms with Crippen LogP contribution in [0, 0.1) is 6.92 Å². The minimum absolute atomic E-state index is 0.776. The Morgan fingerprint density at radius 3 is 2.76 bits per heavy atom. The second kappa shape index (κ2) is 5.83. The highest BCUT2D eigenvalue weighted by Crippen LogP contribution is 2.27. The van der Waals surface area contributed by atoms with Gasteiger partial charge in [-0.15, -0.1) is 11.3 Å². The number of anilines is 1. The van der Waals surface area contributed by atoms with Crippen LogP contribution in [0.3, 0.4) is 0 Å². The standard InChI is InChI=1S/C13H23N3S/c1-4-8-16(5-2)13-15-10(3)12(17-13)9-14-11-6-7-11/h11,14H,4-9H2,1-3H3. The molecule has 0 aliphatic heterocycles. The lowest BCUT2D eigenvalue weighted by atomic mass is 10.4. The van der Waals surface area contributed by atoms with Crippen molar-refractivity contribution in [2.24, 2.45) is 0 Å². The molecule has 0 radical (unpaired) electrons. The van der Waals surface area contributed by atoms with Crippen LogP contribution in [0.25, 0.3) is 0 Å². The zero-order chi connectivity index (χ0) is 12.3. The van der Waals surface area contributed by atoms with Crippen molar-refractivity contribution in [3.8, 4) is 0 Å². The Morgan fingerprint density at radius 2 is 2.18 bits per heavy atom. The summed E-state index contributed by atoms with van der Waals surface area (Å²) in [6.45, 7) is 9.71. The van der Waals surface area contributed by atoms with Gasteiger partial charge in [0.05, 0.1) is 5.69 Å². The number of hydrogen-bond acceptors (Lipinski definition) is 4. The molecule has 1 heterocycles. The van der Waals surface area contributed by atoms with Crippen LogP contribution in [0.4, 0.5) is 5.13 Å². The molecule has 17 heavy (non-hydrogen) atoms. The van der Waals surface area contributed by atoms with E-state index in [0.717, 1.165) is 25.7 Å². The number of aryl methyl sites for hydroxylation is 1. The molecule has 0 aromatic carbocycles. The van der Waals surface area contributed by atoms with Gasteiger partial charge in [-0.2, -0.15) is 0 Å². The predicted octanol–water partition coefficient (Wildman–Crippen LogP) is 2.94. The van der Waals surface area contributed by atoms with Crippen LogP contribution >= 0.6 is 11.3 Å². The highest BCUT2D eigenvalue weighted by atomic mass is 32.1. The van der Waals surface area contributed by atoms with E-state index in [0.29, 0.717) is 0 Å².